The van der Waals surface area contributed by atoms with Gasteiger partial charge < -0.3 is 10.4 Å². The average molecular weight is 242 g/mol. The van der Waals surface area contributed by atoms with E-state index in [1.807, 2.05) is 12.1 Å². The number of rotatable bonds is 1. The maximum atomic E-state index is 9.65. The summed E-state index contributed by atoms with van der Waals surface area (Å²) >= 11 is 3.41. The molecule has 0 radical (unpaired) electrons. The second kappa shape index (κ2) is 3.68. The maximum Gasteiger partial charge on any atom is 0.119 e. The van der Waals surface area contributed by atoms with Gasteiger partial charge >= 0.3 is 0 Å². The van der Waals surface area contributed by atoms with Crippen LogP contribution in [0.4, 0.5) is 0 Å². The first kappa shape index (κ1) is 9.03. The lowest BCUT2D eigenvalue weighted by Gasteiger charge is -2.10. The van der Waals surface area contributed by atoms with Crippen molar-refractivity contribution in [3.8, 4) is 5.75 Å². The first-order chi connectivity index (χ1) is 6.27. The Bertz CT molecular complexity index is 308. The minimum atomic E-state index is 0.414. The molecule has 1 heterocycles. The molecule has 1 aliphatic heterocycles. The van der Waals surface area contributed by atoms with Crippen molar-refractivity contribution in [1.82, 2.24) is 5.32 Å². The quantitative estimate of drug-likeness (QED) is 0.791. The van der Waals surface area contributed by atoms with Crippen molar-refractivity contribution in [3.63, 3.8) is 0 Å². The number of hydrogen-bond acceptors (Lipinski definition) is 2. The normalized spacial score (nSPS) is 22.1. The van der Waals surface area contributed by atoms with Crippen molar-refractivity contribution < 1.29 is 5.11 Å². The third-order valence-corrected chi connectivity index (χ3v) is 2.98. The molecule has 1 aliphatic rings. The molecule has 2 nitrogen and oxygen atoms in total. The molecule has 1 aromatic carbocycles. The Morgan fingerprint density at radius 3 is 3.00 bits per heavy atom. The first-order valence-corrected chi connectivity index (χ1v) is 5.26. The Balaban J connectivity index is 2.32. The summed E-state index contributed by atoms with van der Waals surface area (Å²) in [5, 5.41) is 12.9. The smallest absolute Gasteiger partial charge is 0.119 e. The molecule has 0 amide bonds. The summed E-state index contributed by atoms with van der Waals surface area (Å²) < 4.78 is 1.03. The molecule has 0 aromatic heterocycles. The van der Waals surface area contributed by atoms with Crippen LogP contribution < -0.4 is 5.32 Å². The highest BCUT2D eigenvalue weighted by molar-refractivity contribution is 9.10. The third kappa shape index (κ3) is 1.86. The third-order valence-electron chi connectivity index (χ3n) is 2.49. The molecule has 13 heavy (non-hydrogen) atoms. The van der Waals surface area contributed by atoms with E-state index >= 15 is 0 Å². The van der Waals surface area contributed by atoms with Gasteiger partial charge in [0.15, 0.2) is 0 Å². The molecule has 70 valence electrons. The van der Waals surface area contributed by atoms with E-state index < -0.39 is 0 Å². The van der Waals surface area contributed by atoms with Gasteiger partial charge in [-0.05, 0) is 36.7 Å². The van der Waals surface area contributed by atoms with Crippen LogP contribution in [0.25, 0.3) is 0 Å². The molecule has 3 heteroatoms. The minimum absolute atomic E-state index is 0.414. The van der Waals surface area contributed by atoms with Crippen molar-refractivity contribution in [1.29, 1.82) is 0 Å². The Labute approximate surface area is 86.1 Å². The Kier molecular flexibility index (Phi) is 2.56. The van der Waals surface area contributed by atoms with Crippen LogP contribution in [-0.2, 0) is 0 Å². The number of hydrogen-bond donors (Lipinski definition) is 2. The van der Waals surface area contributed by atoms with E-state index in [2.05, 4.69) is 21.2 Å². The van der Waals surface area contributed by atoms with Crippen LogP contribution in [0.3, 0.4) is 0 Å². The highest BCUT2D eigenvalue weighted by Crippen LogP contribution is 2.31. The lowest BCUT2D eigenvalue weighted by atomic mass is 9.98. The zero-order chi connectivity index (χ0) is 9.26. The van der Waals surface area contributed by atoms with Gasteiger partial charge in [-0.1, -0.05) is 15.9 Å². The number of aromatic hydroxyl groups is 1. The SMILES string of the molecule is Oc1ccc(Br)cc1C1CCNC1. The fourth-order valence-electron chi connectivity index (χ4n) is 1.77. The molecular formula is C10H12BrNO. The van der Waals surface area contributed by atoms with Gasteiger partial charge in [0.2, 0.25) is 0 Å². The minimum Gasteiger partial charge on any atom is -0.508 e. The van der Waals surface area contributed by atoms with Crippen molar-refractivity contribution >= 4 is 15.9 Å². The molecule has 1 fully saturated rings. The van der Waals surface area contributed by atoms with Gasteiger partial charge in [-0.3, -0.25) is 0 Å². The fraction of sp³-hybridized carbons (Fsp3) is 0.400. The van der Waals surface area contributed by atoms with Gasteiger partial charge in [0.05, 0.1) is 0 Å². The van der Waals surface area contributed by atoms with Gasteiger partial charge in [-0.2, -0.15) is 0 Å². The maximum absolute atomic E-state index is 9.65. The highest BCUT2D eigenvalue weighted by atomic mass is 79.9. The molecule has 0 bridgehead atoms. The van der Waals surface area contributed by atoms with Gasteiger partial charge in [-0.25, -0.2) is 0 Å². The summed E-state index contributed by atoms with van der Waals surface area (Å²) in [6.07, 6.45) is 1.12. The second-order valence-corrected chi connectivity index (χ2v) is 4.31. The van der Waals surface area contributed by atoms with Crippen LogP contribution >= 0.6 is 15.9 Å². The zero-order valence-electron chi connectivity index (χ0n) is 7.26. The summed E-state index contributed by atoms with van der Waals surface area (Å²) in [5.41, 5.74) is 1.05. The molecule has 0 aliphatic carbocycles. The number of nitrogens with one attached hydrogen (secondary N) is 1. The summed E-state index contributed by atoms with van der Waals surface area (Å²) in [5.74, 6) is 0.884. The van der Waals surface area contributed by atoms with Gasteiger partial charge in [0.1, 0.15) is 5.75 Å². The molecular weight excluding hydrogens is 230 g/mol. The van der Waals surface area contributed by atoms with E-state index in [4.69, 9.17) is 0 Å². The van der Waals surface area contributed by atoms with Crippen molar-refractivity contribution in [2.45, 2.75) is 12.3 Å². The van der Waals surface area contributed by atoms with Gasteiger partial charge in [-0.15, -0.1) is 0 Å². The van der Waals surface area contributed by atoms with Crippen LogP contribution in [0.5, 0.6) is 5.75 Å². The van der Waals surface area contributed by atoms with Crippen LogP contribution in [-0.4, -0.2) is 18.2 Å². The van der Waals surface area contributed by atoms with Crippen molar-refractivity contribution in [2.24, 2.45) is 0 Å². The predicted octanol–water partition coefficient (Wildman–Crippen LogP) is 2.23. The standard InChI is InChI=1S/C10H12BrNO/c11-8-1-2-10(13)9(5-8)7-3-4-12-6-7/h1-2,5,7,12-13H,3-4,6H2. The summed E-state index contributed by atoms with van der Waals surface area (Å²) in [4.78, 5) is 0. The topological polar surface area (TPSA) is 32.3 Å². The predicted molar refractivity (Wildman–Crippen MR) is 56.0 cm³/mol. The molecule has 1 unspecified atom stereocenters. The van der Waals surface area contributed by atoms with E-state index in [1.165, 1.54) is 0 Å². The highest BCUT2D eigenvalue weighted by Gasteiger charge is 2.19. The van der Waals surface area contributed by atoms with Gasteiger partial charge in [0, 0.05) is 16.9 Å². The van der Waals surface area contributed by atoms with E-state index in [0.717, 1.165) is 29.5 Å². The van der Waals surface area contributed by atoms with Crippen LogP contribution in [0.1, 0.15) is 17.9 Å². The Morgan fingerprint density at radius 1 is 1.46 bits per heavy atom. The lowest BCUT2D eigenvalue weighted by molar-refractivity contribution is 0.462. The van der Waals surface area contributed by atoms with E-state index in [0.29, 0.717) is 11.7 Å². The van der Waals surface area contributed by atoms with Gasteiger partial charge in [0.25, 0.3) is 0 Å². The van der Waals surface area contributed by atoms with Crippen LogP contribution in [0.2, 0.25) is 0 Å². The Morgan fingerprint density at radius 2 is 2.31 bits per heavy atom. The molecule has 2 rings (SSSR count). The Hall–Kier alpha value is -0.540. The average Bonchev–Trinajstić information content (AvgIpc) is 2.61. The second-order valence-electron chi connectivity index (χ2n) is 3.39. The first-order valence-electron chi connectivity index (χ1n) is 4.46. The monoisotopic (exact) mass is 241 g/mol. The van der Waals surface area contributed by atoms with E-state index in [-0.39, 0.29) is 0 Å². The number of benzene rings is 1. The molecule has 0 saturated carbocycles. The summed E-state index contributed by atoms with van der Waals surface area (Å²) in [7, 11) is 0. The summed E-state index contributed by atoms with van der Waals surface area (Å²) in [6.45, 7) is 2.03. The molecule has 0 spiro atoms. The van der Waals surface area contributed by atoms with E-state index in [1.54, 1.807) is 6.07 Å². The molecule has 1 saturated heterocycles. The number of phenols is 1. The largest absolute Gasteiger partial charge is 0.508 e. The van der Waals surface area contributed by atoms with Crippen LogP contribution in [0, 0.1) is 0 Å². The van der Waals surface area contributed by atoms with Crippen molar-refractivity contribution in [3.05, 3.63) is 28.2 Å². The number of phenolic OH excluding ortho intramolecular Hbond substituents is 1. The molecule has 2 N–H and O–H groups in total. The van der Waals surface area contributed by atoms with E-state index in [9.17, 15) is 5.11 Å². The van der Waals surface area contributed by atoms with Crippen molar-refractivity contribution in [2.75, 3.05) is 13.1 Å². The van der Waals surface area contributed by atoms with Crippen LogP contribution in [0.15, 0.2) is 22.7 Å². The zero-order valence-corrected chi connectivity index (χ0v) is 8.84. The number of halogens is 1. The molecule has 1 aromatic rings. The fourth-order valence-corrected chi connectivity index (χ4v) is 2.15. The summed E-state index contributed by atoms with van der Waals surface area (Å²) in [6, 6.07) is 5.62. The lowest BCUT2D eigenvalue weighted by Crippen LogP contribution is -2.08. The molecule has 1 atom stereocenters.